The van der Waals surface area contributed by atoms with Crippen LogP contribution in [0.2, 0.25) is 5.02 Å². The molecule has 0 amide bonds. The van der Waals surface area contributed by atoms with Gasteiger partial charge in [-0.25, -0.2) is 4.39 Å². The van der Waals surface area contributed by atoms with Crippen LogP contribution in [0.5, 0.6) is 5.75 Å². The predicted octanol–water partition coefficient (Wildman–Crippen LogP) is 4.09. The lowest BCUT2D eigenvalue weighted by molar-refractivity contribution is 0.115. The minimum Gasteiger partial charge on any atom is -0.488 e. The first kappa shape index (κ1) is 16.1. The summed E-state index contributed by atoms with van der Waals surface area (Å²) in [6.07, 6.45) is -0.792. The Balaban J connectivity index is 1.84. The Bertz CT molecular complexity index is 612. The summed E-state index contributed by atoms with van der Waals surface area (Å²) in [6, 6.07) is 11.5. The average molecular weight is 375 g/mol. The van der Waals surface area contributed by atoms with Gasteiger partial charge in [-0.05, 0) is 30.3 Å². The molecule has 2 rings (SSSR count). The van der Waals surface area contributed by atoms with Crippen molar-refractivity contribution < 1.29 is 14.2 Å². The first-order valence-electron chi connectivity index (χ1n) is 6.30. The molecule has 2 aromatic rings. The van der Waals surface area contributed by atoms with Crippen LogP contribution in [0.15, 0.2) is 46.9 Å². The van der Waals surface area contributed by atoms with E-state index in [2.05, 4.69) is 21.2 Å². The number of benzene rings is 2. The number of halogens is 3. The molecule has 0 aliphatic rings. The summed E-state index contributed by atoms with van der Waals surface area (Å²) in [5.74, 6) is -0.329. The van der Waals surface area contributed by atoms with Crippen molar-refractivity contribution in [3.63, 3.8) is 0 Å². The van der Waals surface area contributed by atoms with E-state index >= 15 is 0 Å². The zero-order chi connectivity index (χ0) is 15.2. The third-order valence-corrected chi connectivity index (χ3v) is 3.55. The van der Waals surface area contributed by atoms with Crippen molar-refractivity contribution in [2.75, 3.05) is 18.5 Å². The van der Waals surface area contributed by atoms with Crippen LogP contribution in [0.25, 0.3) is 0 Å². The highest BCUT2D eigenvalue weighted by Crippen LogP contribution is 2.25. The number of nitrogens with one attached hydrogen (secondary N) is 1. The Morgan fingerprint density at radius 2 is 2.05 bits per heavy atom. The van der Waals surface area contributed by atoms with Gasteiger partial charge in [-0.15, -0.1) is 0 Å². The third-order valence-electron chi connectivity index (χ3n) is 2.72. The second-order valence-corrected chi connectivity index (χ2v) is 5.72. The van der Waals surface area contributed by atoms with Gasteiger partial charge in [-0.2, -0.15) is 0 Å². The number of hydrogen-bond acceptors (Lipinski definition) is 3. The molecule has 0 heterocycles. The van der Waals surface area contributed by atoms with Gasteiger partial charge in [0.1, 0.15) is 12.7 Å². The van der Waals surface area contributed by atoms with E-state index in [1.807, 2.05) is 12.1 Å². The van der Waals surface area contributed by atoms with Gasteiger partial charge < -0.3 is 15.2 Å². The van der Waals surface area contributed by atoms with Crippen LogP contribution in [0.1, 0.15) is 0 Å². The van der Waals surface area contributed by atoms with Crippen molar-refractivity contribution in [3.05, 3.63) is 57.8 Å². The number of aliphatic hydroxyl groups is 1. The van der Waals surface area contributed by atoms with Crippen molar-refractivity contribution in [2.24, 2.45) is 0 Å². The molecule has 21 heavy (non-hydrogen) atoms. The number of aliphatic hydroxyl groups excluding tert-OH is 1. The SMILES string of the molecule is OC(CNc1cc(Br)ccc1Cl)COc1ccccc1F. The maximum Gasteiger partial charge on any atom is 0.165 e. The molecule has 0 radical (unpaired) electrons. The number of ether oxygens (including phenoxy) is 1. The summed E-state index contributed by atoms with van der Waals surface area (Å²) in [4.78, 5) is 0. The monoisotopic (exact) mass is 373 g/mol. The lowest BCUT2D eigenvalue weighted by Crippen LogP contribution is -2.26. The highest BCUT2D eigenvalue weighted by molar-refractivity contribution is 9.10. The largest absolute Gasteiger partial charge is 0.488 e. The predicted molar refractivity (Wildman–Crippen MR) is 85.5 cm³/mol. The lowest BCUT2D eigenvalue weighted by Gasteiger charge is -2.15. The zero-order valence-corrected chi connectivity index (χ0v) is 13.4. The summed E-state index contributed by atoms with van der Waals surface area (Å²) in [5.41, 5.74) is 0.705. The van der Waals surface area contributed by atoms with Crippen LogP contribution in [-0.4, -0.2) is 24.4 Å². The van der Waals surface area contributed by atoms with Gasteiger partial charge in [0.25, 0.3) is 0 Å². The van der Waals surface area contributed by atoms with E-state index in [4.69, 9.17) is 16.3 Å². The molecule has 1 unspecified atom stereocenters. The summed E-state index contributed by atoms with van der Waals surface area (Å²) < 4.78 is 19.5. The van der Waals surface area contributed by atoms with Crippen molar-refractivity contribution >= 4 is 33.2 Å². The van der Waals surface area contributed by atoms with E-state index < -0.39 is 11.9 Å². The molecule has 1 atom stereocenters. The highest BCUT2D eigenvalue weighted by atomic mass is 79.9. The van der Waals surface area contributed by atoms with Crippen LogP contribution < -0.4 is 10.1 Å². The molecule has 6 heteroatoms. The maximum absolute atomic E-state index is 13.3. The molecular formula is C15H14BrClFNO2. The summed E-state index contributed by atoms with van der Waals surface area (Å²) in [6.45, 7) is 0.226. The van der Waals surface area contributed by atoms with Gasteiger partial charge in [0.2, 0.25) is 0 Å². The quantitative estimate of drug-likeness (QED) is 0.800. The first-order chi connectivity index (χ1) is 10.1. The Hall–Kier alpha value is -1.30. The van der Waals surface area contributed by atoms with Crippen molar-refractivity contribution in [1.82, 2.24) is 0 Å². The van der Waals surface area contributed by atoms with Crippen molar-refractivity contribution in [3.8, 4) is 5.75 Å². The first-order valence-corrected chi connectivity index (χ1v) is 7.47. The van der Waals surface area contributed by atoms with E-state index in [0.717, 1.165) is 4.47 Å². The Labute approximate surface area is 135 Å². The molecule has 3 nitrogen and oxygen atoms in total. The molecule has 0 spiro atoms. The fourth-order valence-corrected chi connectivity index (χ4v) is 2.21. The smallest absolute Gasteiger partial charge is 0.165 e. The van der Waals surface area contributed by atoms with Gasteiger partial charge in [0, 0.05) is 11.0 Å². The fourth-order valence-electron chi connectivity index (χ4n) is 1.67. The summed E-state index contributed by atoms with van der Waals surface area (Å²) >= 11 is 9.37. The molecule has 112 valence electrons. The van der Waals surface area contributed by atoms with Gasteiger partial charge in [-0.1, -0.05) is 39.7 Å². The van der Waals surface area contributed by atoms with Crippen LogP contribution in [-0.2, 0) is 0 Å². The molecule has 0 aliphatic heterocycles. The van der Waals surface area contributed by atoms with E-state index in [-0.39, 0.29) is 18.9 Å². The second kappa shape index (κ2) is 7.64. The van der Waals surface area contributed by atoms with Crippen molar-refractivity contribution in [1.29, 1.82) is 0 Å². The molecular weight excluding hydrogens is 361 g/mol. The molecule has 2 N–H and O–H groups in total. The molecule has 0 saturated heterocycles. The highest BCUT2D eigenvalue weighted by Gasteiger charge is 2.09. The van der Waals surface area contributed by atoms with Gasteiger partial charge in [0.15, 0.2) is 11.6 Å². The summed E-state index contributed by atoms with van der Waals surface area (Å²) in [7, 11) is 0. The minimum absolute atomic E-state index is 0.0143. The number of hydrogen-bond donors (Lipinski definition) is 2. The molecule has 0 aliphatic carbocycles. The molecule has 0 saturated carbocycles. The number of rotatable bonds is 6. The van der Waals surface area contributed by atoms with Gasteiger partial charge >= 0.3 is 0 Å². The number of para-hydroxylation sites is 1. The zero-order valence-electron chi connectivity index (χ0n) is 11.0. The van der Waals surface area contributed by atoms with Gasteiger partial charge in [0.05, 0.1) is 10.7 Å². The van der Waals surface area contributed by atoms with Crippen LogP contribution in [0.3, 0.4) is 0 Å². The Morgan fingerprint density at radius 3 is 2.81 bits per heavy atom. The van der Waals surface area contributed by atoms with E-state index in [9.17, 15) is 9.50 Å². The van der Waals surface area contributed by atoms with Crippen molar-refractivity contribution in [2.45, 2.75) is 6.10 Å². The Kier molecular flexibility index (Phi) is 5.85. The summed E-state index contributed by atoms with van der Waals surface area (Å²) in [5, 5.41) is 13.4. The standard InChI is InChI=1S/C15H14BrClFNO2/c16-10-5-6-12(17)14(7-10)19-8-11(20)9-21-15-4-2-1-3-13(15)18/h1-7,11,19-20H,8-9H2. The molecule has 2 aromatic carbocycles. The normalized spacial score (nSPS) is 12.0. The van der Waals surface area contributed by atoms with Crippen LogP contribution >= 0.6 is 27.5 Å². The lowest BCUT2D eigenvalue weighted by atomic mass is 10.3. The van der Waals surface area contributed by atoms with Gasteiger partial charge in [-0.3, -0.25) is 0 Å². The minimum atomic E-state index is -0.792. The average Bonchev–Trinajstić information content (AvgIpc) is 2.47. The maximum atomic E-state index is 13.3. The molecule has 0 bridgehead atoms. The molecule has 0 aromatic heterocycles. The van der Waals surface area contributed by atoms with Crippen LogP contribution in [0, 0.1) is 5.82 Å². The van der Waals surface area contributed by atoms with E-state index in [1.165, 1.54) is 12.1 Å². The van der Waals surface area contributed by atoms with E-state index in [1.54, 1.807) is 18.2 Å². The van der Waals surface area contributed by atoms with Crippen LogP contribution in [0.4, 0.5) is 10.1 Å². The fraction of sp³-hybridized carbons (Fsp3) is 0.200. The Morgan fingerprint density at radius 1 is 1.29 bits per heavy atom. The third kappa shape index (κ3) is 4.88. The van der Waals surface area contributed by atoms with E-state index in [0.29, 0.717) is 10.7 Å². The number of anilines is 1. The second-order valence-electron chi connectivity index (χ2n) is 4.40. The molecule has 0 fully saturated rings. The topological polar surface area (TPSA) is 41.5 Å².